The molecule has 0 radical (unpaired) electrons. The number of rotatable bonds is 11. The van der Waals surface area contributed by atoms with Crippen LogP contribution in [0.3, 0.4) is 0 Å². The van der Waals surface area contributed by atoms with Crippen LogP contribution in [-0.2, 0) is 16.0 Å². The van der Waals surface area contributed by atoms with Crippen molar-refractivity contribution < 1.29 is 19.4 Å². The van der Waals surface area contributed by atoms with E-state index in [2.05, 4.69) is 6.92 Å². The first-order valence-electron chi connectivity index (χ1n) is 8.19. The Balaban J connectivity index is 2.14. The number of carbonyl (C=O) groups is 1. The van der Waals surface area contributed by atoms with Crippen LogP contribution in [0.25, 0.3) is 0 Å². The van der Waals surface area contributed by atoms with Gasteiger partial charge in [-0.3, -0.25) is 4.79 Å². The minimum absolute atomic E-state index is 0.117. The Morgan fingerprint density at radius 2 is 1.86 bits per heavy atom. The molecule has 0 unspecified atom stereocenters. The van der Waals surface area contributed by atoms with E-state index in [1.54, 1.807) is 18.2 Å². The molecular formula is C18H28O4. The summed E-state index contributed by atoms with van der Waals surface area (Å²) in [6, 6.07) is 5.16. The van der Waals surface area contributed by atoms with E-state index >= 15 is 0 Å². The van der Waals surface area contributed by atoms with Gasteiger partial charge >= 0.3 is 5.97 Å². The van der Waals surface area contributed by atoms with Crippen LogP contribution in [0.15, 0.2) is 18.2 Å². The van der Waals surface area contributed by atoms with Gasteiger partial charge in [-0.1, -0.05) is 45.1 Å². The number of unbranched alkanes of at least 4 members (excludes halogenated alkanes) is 5. The van der Waals surface area contributed by atoms with Crippen molar-refractivity contribution in [2.75, 3.05) is 13.7 Å². The summed E-state index contributed by atoms with van der Waals surface area (Å²) < 4.78 is 10.3. The number of ether oxygens (including phenoxy) is 2. The molecule has 0 bridgehead atoms. The number of methoxy groups -OCH3 is 1. The molecule has 1 N–H and O–H groups in total. The SMILES string of the molecule is CCCCCCCCC(=O)OCCc1ccc(O)c(OC)c1. The molecule has 0 aromatic heterocycles. The molecule has 0 heterocycles. The second-order valence-corrected chi connectivity index (χ2v) is 5.49. The molecule has 1 aromatic rings. The maximum Gasteiger partial charge on any atom is 0.305 e. The topological polar surface area (TPSA) is 55.8 Å². The summed E-state index contributed by atoms with van der Waals surface area (Å²) in [5.74, 6) is 0.434. The number of aromatic hydroxyl groups is 1. The smallest absolute Gasteiger partial charge is 0.305 e. The fourth-order valence-electron chi connectivity index (χ4n) is 2.28. The van der Waals surface area contributed by atoms with Crippen LogP contribution in [0.4, 0.5) is 0 Å². The largest absolute Gasteiger partial charge is 0.504 e. The fourth-order valence-corrected chi connectivity index (χ4v) is 2.28. The minimum Gasteiger partial charge on any atom is -0.504 e. The Morgan fingerprint density at radius 3 is 2.59 bits per heavy atom. The zero-order valence-corrected chi connectivity index (χ0v) is 13.8. The molecule has 0 atom stereocenters. The number of phenolic OH excluding ortho intramolecular Hbond substituents is 1. The summed E-state index contributed by atoms with van der Waals surface area (Å²) in [4.78, 5) is 11.6. The van der Waals surface area contributed by atoms with Crippen molar-refractivity contribution >= 4 is 5.97 Å². The predicted octanol–water partition coefficient (Wildman–Crippen LogP) is 4.24. The van der Waals surface area contributed by atoms with Gasteiger partial charge in [0.15, 0.2) is 11.5 Å². The monoisotopic (exact) mass is 308 g/mol. The number of phenols is 1. The zero-order valence-electron chi connectivity index (χ0n) is 13.8. The van der Waals surface area contributed by atoms with Crippen molar-refractivity contribution in [3.63, 3.8) is 0 Å². The Kier molecular flexibility index (Phi) is 9.12. The number of esters is 1. The molecule has 0 fully saturated rings. The third-order valence-corrected chi connectivity index (χ3v) is 3.63. The van der Waals surface area contributed by atoms with Gasteiger partial charge in [0, 0.05) is 12.8 Å². The molecule has 0 saturated heterocycles. The molecule has 0 spiro atoms. The summed E-state index contributed by atoms with van der Waals surface area (Å²) in [5, 5.41) is 9.51. The summed E-state index contributed by atoms with van der Waals surface area (Å²) in [6.45, 7) is 2.56. The maximum absolute atomic E-state index is 11.6. The highest BCUT2D eigenvalue weighted by atomic mass is 16.5. The van der Waals surface area contributed by atoms with Crippen molar-refractivity contribution in [3.8, 4) is 11.5 Å². The van der Waals surface area contributed by atoms with Crippen molar-refractivity contribution in [2.45, 2.75) is 58.3 Å². The summed E-state index contributed by atoms with van der Waals surface area (Å²) in [5.41, 5.74) is 0.974. The summed E-state index contributed by atoms with van der Waals surface area (Å²) >= 11 is 0. The minimum atomic E-state index is -0.124. The van der Waals surface area contributed by atoms with Crippen LogP contribution < -0.4 is 4.74 Å². The van der Waals surface area contributed by atoms with Gasteiger partial charge in [-0.15, -0.1) is 0 Å². The van der Waals surface area contributed by atoms with E-state index in [0.29, 0.717) is 25.2 Å². The molecule has 1 aromatic carbocycles. The lowest BCUT2D eigenvalue weighted by molar-refractivity contribution is -0.143. The molecular weight excluding hydrogens is 280 g/mol. The Labute approximate surface area is 133 Å². The van der Waals surface area contributed by atoms with E-state index in [1.807, 2.05) is 0 Å². The predicted molar refractivity (Wildman–Crippen MR) is 87.3 cm³/mol. The molecule has 4 heteroatoms. The Bertz CT molecular complexity index is 443. The number of benzene rings is 1. The number of hydrogen-bond acceptors (Lipinski definition) is 4. The van der Waals surface area contributed by atoms with Crippen LogP contribution in [0.5, 0.6) is 11.5 Å². The van der Waals surface area contributed by atoms with E-state index in [1.165, 1.54) is 32.8 Å². The Morgan fingerprint density at radius 1 is 1.14 bits per heavy atom. The lowest BCUT2D eigenvalue weighted by atomic mass is 10.1. The van der Waals surface area contributed by atoms with Crippen LogP contribution in [0, 0.1) is 0 Å². The molecule has 0 aliphatic carbocycles. The van der Waals surface area contributed by atoms with Gasteiger partial charge in [0.25, 0.3) is 0 Å². The average molecular weight is 308 g/mol. The van der Waals surface area contributed by atoms with Crippen molar-refractivity contribution in [3.05, 3.63) is 23.8 Å². The summed E-state index contributed by atoms with van der Waals surface area (Å²) in [7, 11) is 1.51. The van der Waals surface area contributed by atoms with Crippen LogP contribution >= 0.6 is 0 Å². The third-order valence-electron chi connectivity index (χ3n) is 3.63. The molecule has 0 saturated carbocycles. The van der Waals surface area contributed by atoms with Crippen molar-refractivity contribution in [2.24, 2.45) is 0 Å². The van der Waals surface area contributed by atoms with E-state index in [9.17, 15) is 9.90 Å². The highest BCUT2D eigenvalue weighted by Gasteiger charge is 2.05. The van der Waals surface area contributed by atoms with Crippen molar-refractivity contribution in [1.82, 2.24) is 0 Å². The molecule has 1 rings (SSSR count). The van der Waals surface area contributed by atoms with Gasteiger partial charge < -0.3 is 14.6 Å². The van der Waals surface area contributed by atoms with Gasteiger partial charge in [-0.25, -0.2) is 0 Å². The van der Waals surface area contributed by atoms with Crippen LogP contribution in [0.1, 0.15) is 57.4 Å². The van der Waals surface area contributed by atoms with Gasteiger partial charge in [0.05, 0.1) is 13.7 Å². The second-order valence-electron chi connectivity index (χ2n) is 5.49. The average Bonchev–Trinajstić information content (AvgIpc) is 2.52. The van der Waals surface area contributed by atoms with E-state index in [0.717, 1.165) is 18.4 Å². The van der Waals surface area contributed by atoms with Gasteiger partial charge in [-0.05, 0) is 24.1 Å². The van der Waals surface area contributed by atoms with E-state index in [-0.39, 0.29) is 11.7 Å². The molecule has 22 heavy (non-hydrogen) atoms. The fraction of sp³-hybridized carbons (Fsp3) is 0.611. The van der Waals surface area contributed by atoms with Gasteiger partial charge in [-0.2, -0.15) is 0 Å². The standard InChI is InChI=1S/C18H28O4/c1-3-4-5-6-7-8-9-18(20)22-13-12-15-10-11-16(19)17(14-15)21-2/h10-11,14,19H,3-9,12-13H2,1-2H3. The molecule has 0 amide bonds. The first-order valence-corrected chi connectivity index (χ1v) is 8.19. The quantitative estimate of drug-likeness (QED) is 0.491. The van der Waals surface area contributed by atoms with Gasteiger partial charge in [0.2, 0.25) is 0 Å². The normalized spacial score (nSPS) is 10.5. The highest BCUT2D eigenvalue weighted by molar-refractivity contribution is 5.69. The lowest BCUT2D eigenvalue weighted by Gasteiger charge is -2.08. The zero-order chi connectivity index (χ0) is 16.2. The van der Waals surface area contributed by atoms with E-state index < -0.39 is 0 Å². The molecule has 0 aliphatic rings. The van der Waals surface area contributed by atoms with Crippen LogP contribution in [0.2, 0.25) is 0 Å². The molecule has 0 aliphatic heterocycles. The van der Waals surface area contributed by atoms with Crippen LogP contribution in [-0.4, -0.2) is 24.8 Å². The third kappa shape index (κ3) is 7.34. The first kappa shape index (κ1) is 18.3. The first-order chi connectivity index (χ1) is 10.7. The molecule has 4 nitrogen and oxygen atoms in total. The van der Waals surface area contributed by atoms with Crippen molar-refractivity contribution in [1.29, 1.82) is 0 Å². The second kappa shape index (κ2) is 10.9. The van der Waals surface area contributed by atoms with E-state index in [4.69, 9.17) is 9.47 Å². The van der Waals surface area contributed by atoms with Gasteiger partial charge in [0.1, 0.15) is 0 Å². The summed E-state index contributed by atoms with van der Waals surface area (Å²) in [6.07, 6.45) is 8.12. The molecule has 124 valence electrons. The highest BCUT2D eigenvalue weighted by Crippen LogP contribution is 2.26. The Hall–Kier alpha value is -1.71. The maximum atomic E-state index is 11.6. The lowest BCUT2D eigenvalue weighted by Crippen LogP contribution is -2.07. The number of carbonyl (C=O) groups excluding carboxylic acids is 1. The number of hydrogen-bond donors (Lipinski definition) is 1.